The number of aromatic amines is 2. The fraction of sp³-hybridized carbons (Fsp3) is 0.800. The van der Waals surface area contributed by atoms with Crippen LogP contribution in [0.1, 0.15) is 101 Å². The van der Waals surface area contributed by atoms with Crippen LogP contribution < -0.4 is 0 Å². The molecule has 2 N–H and O–H groups in total. The summed E-state index contributed by atoms with van der Waals surface area (Å²) in [5, 5.41) is 14.4. The van der Waals surface area contributed by atoms with E-state index in [-0.39, 0.29) is 0 Å². The maximum atomic E-state index is 4.46. The molecule has 0 aliphatic rings. The molecule has 0 atom stereocenters. The van der Waals surface area contributed by atoms with Gasteiger partial charge >= 0.3 is 0 Å². The van der Waals surface area contributed by atoms with E-state index < -0.39 is 0 Å². The molecule has 2 heterocycles. The lowest BCUT2D eigenvalue weighted by Gasteiger charge is -2.02. The average molecular weight is 361 g/mol. The van der Waals surface area contributed by atoms with Crippen molar-refractivity contribution >= 4 is 0 Å². The topological polar surface area (TPSA) is 83.1 Å². The largest absolute Gasteiger partial charge is 0.263 e. The number of hydrogen-bond donors (Lipinski definition) is 2. The predicted octanol–water partition coefficient (Wildman–Crippen LogP) is 4.73. The zero-order valence-electron chi connectivity index (χ0n) is 16.7. The zero-order chi connectivity index (χ0) is 18.5. The van der Waals surface area contributed by atoms with Gasteiger partial charge < -0.3 is 0 Å². The molecule has 0 aliphatic heterocycles. The predicted molar refractivity (Wildman–Crippen MR) is 105 cm³/mol. The van der Waals surface area contributed by atoms with Gasteiger partial charge in [0, 0.05) is 25.7 Å². The van der Waals surface area contributed by atoms with Gasteiger partial charge in [0.2, 0.25) is 0 Å². The molecular formula is C20H36N6. The van der Waals surface area contributed by atoms with E-state index in [0.717, 1.165) is 49.0 Å². The Balaban J connectivity index is 1.33. The van der Waals surface area contributed by atoms with Gasteiger partial charge in [0.15, 0.2) is 0 Å². The molecule has 0 unspecified atom stereocenters. The monoisotopic (exact) mass is 360 g/mol. The molecule has 6 nitrogen and oxygen atoms in total. The SMILES string of the molecule is CCc1n[nH]c(CCCCCCCCCCCCc2nc(CC)n[nH]2)n1. The summed E-state index contributed by atoms with van der Waals surface area (Å²) in [6.45, 7) is 4.18. The molecular weight excluding hydrogens is 324 g/mol. The lowest BCUT2D eigenvalue weighted by Crippen LogP contribution is -1.90. The van der Waals surface area contributed by atoms with Crippen LogP contribution in [0.3, 0.4) is 0 Å². The van der Waals surface area contributed by atoms with E-state index in [1.54, 1.807) is 0 Å². The quantitative estimate of drug-likeness (QED) is 0.450. The van der Waals surface area contributed by atoms with Crippen LogP contribution in [0.5, 0.6) is 0 Å². The van der Waals surface area contributed by atoms with E-state index in [1.807, 2.05) is 0 Å². The van der Waals surface area contributed by atoms with Gasteiger partial charge in [0.05, 0.1) is 0 Å². The van der Waals surface area contributed by atoms with Gasteiger partial charge in [-0.15, -0.1) is 0 Å². The van der Waals surface area contributed by atoms with Gasteiger partial charge in [-0.25, -0.2) is 9.97 Å². The average Bonchev–Trinajstić information content (AvgIpc) is 3.31. The molecule has 0 radical (unpaired) electrons. The summed E-state index contributed by atoms with van der Waals surface area (Å²) >= 11 is 0. The molecule has 146 valence electrons. The highest BCUT2D eigenvalue weighted by atomic mass is 15.2. The van der Waals surface area contributed by atoms with Crippen molar-refractivity contribution in [2.75, 3.05) is 0 Å². The molecule has 0 aliphatic carbocycles. The second-order valence-electron chi connectivity index (χ2n) is 7.14. The van der Waals surface area contributed by atoms with E-state index >= 15 is 0 Å². The second kappa shape index (κ2) is 12.6. The zero-order valence-corrected chi connectivity index (χ0v) is 16.7. The van der Waals surface area contributed by atoms with Crippen LogP contribution in [0.15, 0.2) is 0 Å². The number of nitrogens with zero attached hydrogens (tertiary/aromatic N) is 4. The molecule has 2 rings (SSSR count). The first-order valence-corrected chi connectivity index (χ1v) is 10.6. The van der Waals surface area contributed by atoms with Crippen molar-refractivity contribution in [1.82, 2.24) is 30.4 Å². The van der Waals surface area contributed by atoms with Crippen molar-refractivity contribution in [2.24, 2.45) is 0 Å². The Bertz CT molecular complexity index is 536. The highest BCUT2D eigenvalue weighted by Crippen LogP contribution is 2.12. The van der Waals surface area contributed by atoms with Crippen LogP contribution >= 0.6 is 0 Å². The van der Waals surface area contributed by atoms with Crippen molar-refractivity contribution in [3.8, 4) is 0 Å². The van der Waals surface area contributed by atoms with Gasteiger partial charge in [0.25, 0.3) is 0 Å². The van der Waals surface area contributed by atoms with Gasteiger partial charge in [-0.2, -0.15) is 10.2 Å². The molecule has 0 bridgehead atoms. The van der Waals surface area contributed by atoms with Crippen LogP contribution in [0.25, 0.3) is 0 Å². The van der Waals surface area contributed by atoms with Crippen LogP contribution in [0, 0.1) is 0 Å². The molecule has 2 aromatic heterocycles. The third-order valence-corrected chi connectivity index (χ3v) is 4.87. The second-order valence-corrected chi connectivity index (χ2v) is 7.14. The summed E-state index contributed by atoms with van der Waals surface area (Å²) < 4.78 is 0. The fourth-order valence-corrected chi connectivity index (χ4v) is 3.21. The summed E-state index contributed by atoms with van der Waals surface area (Å²) in [5.74, 6) is 3.98. The fourth-order valence-electron chi connectivity index (χ4n) is 3.21. The molecule has 0 fully saturated rings. The summed E-state index contributed by atoms with van der Waals surface area (Å²) in [6.07, 6.45) is 17.2. The Labute approximate surface area is 158 Å². The Morgan fingerprint density at radius 3 is 1.19 bits per heavy atom. The third-order valence-electron chi connectivity index (χ3n) is 4.87. The highest BCUT2D eigenvalue weighted by molar-refractivity contribution is 4.90. The maximum Gasteiger partial charge on any atom is 0.150 e. The Kier molecular flexibility index (Phi) is 9.98. The van der Waals surface area contributed by atoms with Crippen LogP contribution in [0.2, 0.25) is 0 Å². The minimum atomic E-state index is 0.913. The van der Waals surface area contributed by atoms with Gasteiger partial charge in [-0.1, -0.05) is 65.2 Å². The van der Waals surface area contributed by atoms with Gasteiger partial charge in [-0.05, 0) is 12.8 Å². The minimum absolute atomic E-state index is 0.913. The number of unbranched alkanes of at least 4 members (excludes halogenated alkanes) is 9. The standard InChI is InChI=1S/C20H36N6/c1-3-17-21-19(25-23-17)15-13-11-9-7-5-6-8-10-12-14-16-20-22-18(4-2)24-26-20/h3-16H2,1-2H3,(H,21,23,25)(H,22,24,26). The summed E-state index contributed by atoms with van der Waals surface area (Å²) in [5.41, 5.74) is 0. The Morgan fingerprint density at radius 2 is 0.885 bits per heavy atom. The van der Waals surface area contributed by atoms with Crippen LogP contribution in [-0.2, 0) is 25.7 Å². The normalized spacial score (nSPS) is 11.3. The van der Waals surface area contributed by atoms with Crippen LogP contribution in [-0.4, -0.2) is 30.4 Å². The number of rotatable bonds is 15. The first kappa shape index (κ1) is 20.6. The molecule has 0 spiro atoms. The molecule has 0 aromatic carbocycles. The number of aryl methyl sites for hydroxylation is 4. The molecule has 0 saturated carbocycles. The van der Waals surface area contributed by atoms with Gasteiger partial charge in [-0.3, -0.25) is 10.2 Å². The smallest absolute Gasteiger partial charge is 0.150 e. The lowest BCUT2D eigenvalue weighted by molar-refractivity contribution is 0.548. The van der Waals surface area contributed by atoms with Crippen molar-refractivity contribution in [2.45, 2.75) is 104 Å². The lowest BCUT2D eigenvalue weighted by atomic mass is 10.0. The number of aromatic nitrogens is 6. The van der Waals surface area contributed by atoms with E-state index in [0.29, 0.717) is 0 Å². The number of nitrogens with one attached hydrogen (secondary N) is 2. The van der Waals surface area contributed by atoms with E-state index in [4.69, 9.17) is 0 Å². The first-order valence-electron chi connectivity index (χ1n) is 10.6. The summed E-state index contributed by atoms with van der Waals surface area (Å²) in [7, 11) is 0. The van der Waals surface area contributed by atoms with Crippen LogP contribution in [0.4, 0.5) is 0 Å². The maximum absolute atomic E-state index is 4.46. The molecule has 0 amide bonds. The molecule has 2 aromatic rings. The Hall–Kier alpha value is -1.72. The van der Waals surface area contributed by atoms with Gasteiger partial charge in [0.1, 0.15) is 23.3 Å². The highest BCUT2D eigenvalue weighted by Gasteiger charge is 2.02. The van der Waals surface area contributed by atoms with E-state index in [1.165, 1.54) is 64.2 Å². The van der Waals surface area contributed by atoms with Crippen molar-refractivity contribution in [3.63, 3.8) is 0 Å². The molecule has 6 heteroatoms. The summed E-state index contributed by atoms with van der Waals surface area (Å²) in [6, 6.07) is 0. The van der Waals surface area contributed by atoms with Crippen molar-refractivity contribution < 1.29 is 0 Å². The summed E-state index contributed by atoms with van der Waals surface area (Å²) in [4.78, 5) is 8.92. The number of hydrogen-bond acceptors (Lipinski definition) is 4. The molecule has 0 saturated heterocycles. The van der Waals surface area contributed by atoms with Crippen molar-refractivity contribution in [3.05, 3.63) is 23.3 Å². The third kappa shape index (κ3) is 8.11. The Morgan fingerprint density at radius 1 is 0.538 bits per heavy atom. The van der Waals surface area contributed by atoms with E-state index in [2.05, 4.69) is 44.2 Å². The minimum Gasteiger partial charge on any atom is -0.263 e. The molecule has 26 heavy (non-hydrogen) atoms. The first-order chi connectivity index (χ1) is 12.8. The number of H-pyrrole nitrogens is 2. The van der Waals surface area contributed by atoms with Crippen molar-refractivity contribution in [1.29, 1.82) is 0 Å². The van der Waals surface area contributed by atoms with E-state index in [9.17, 15) is 0 Å².